The highest BCUT2D eigenvalue weighted by molar-refractivity contribution is 5.68. The number of nitrogens with zero attached hydrogens (tertiary/aromatic N) is 1. The number of hydrogen-bond donors (Lipinski definition) is 3. The number of aromatic nitrogens is 1. The van der Waals surface area contributed by atoms with Gasteiger partial charge in [0.25, 0.3) is 0 Å². The number of hydrogen-bond acceptors (Lipinski definition) is 4. The monoisotopic (exact) mass is 181 g/mol. The van der Waals surface area contributed by atoms with Crippen LogP contribution >= 0.6 is 0 Å². The zero-order valence-electron chi connectivity index (χ0n) is 7.03. The molecule has 0 aliphatic rings. The van der Waals surface area contributed by atoms with Crippen molar-refractivity contribution in [2.24, 2.45) is 0 Å². The third kappa shape index (κ3) is 4.19. The standard InChI is InChI=1S/C8H11N3O2/c12-8(13)6-11-10-5-7-3-1-2-4-9-7/h1-4,10-11H,5-6H2,(H,12,13). The van der Waals surface area contributed by atoms with Crippen molar-refractivity contribution < 1.29 is 9.90 Å². The molecular formula is C8H11N3O2. The van der Waals surface area contributed by atoms with Crippen LogP contribution in [0.4, 0.5) is 0 Å². The topological polar surface area (TPSA) is 74.2 Å². The summed E-state index contributed by atoms with van der Waals surface area (Å²) in [6, 6.07) is 5.56. The van der Waals surface area contributed by atoms with E-state index < -0.39 is 5.97 Å². The summed E-state index contributed by atoms with van der Waals surface area (Å²) in [5, 5.41) is 8.29. The predicted octanol–water partition coefficient (Wildman–Crippen LogP) is -0.240. The average molecular weight is 181 g/mol. The second-order valence-corrected chi connectivity index (χ2v) is 2.42. The number of carbonyl (C=O) groups is 1. The van der Waals surface area contributed by atoms with Gasteiger partial charge in [-0.25, -0.2) is 5.43 Å². The highest BCUT2D eigenvalue weighted by Crippen LogP contribution is 1.90. The van der Waals surface area contributed by atoms with E-state index in [9.17, 15) is 4.79 Å². The molecular weight excluding hydrogens is 170 g/mol. The van der Waals surface area contributed by atoms with Crippen molar-refractivity contribution in [1.29, 1.82) is 0 Å². The molecule has 0 unspecified atom stereocenters. The van der Waals surface area contributed by atoms with Crippen LogP contribution in [0.1, 0.15) is 5.69 Å². The number of carboxylic acid groups (broad SMARTS) is 1. The average Bonchev–Trinajstić information content (AvgIpc) is 2.14. The van der Waals surface area contributed by atoms with E-state index in [2.05, 4.69) is 15.8 Å². The summed E-state index contributed by atoms with van der Waals surface area (Å²) >= 11 is 0. The van der Waals surface area contributed by atoms with Gasteiger partial charge in [-0.15, -0.1) is 0 Å². The van der Waals surface area contributed by atoms with Crippen LogP contribution in [0.25, 0.3) is 0 Å². The van der Waals surface area contributed by atoms with E-state index in [-0.39, 0.29) is 6.54 Å². The van der Waals surface area contributed by atoms with E-state index in [0.29, 0.717) is 6.54 Å². The van der Waals surface area contributed by atoms with E-state index in [1.807, 2.05) is 18.2 Å². The van der Waals surface area contributed by atoms with Crippen molar-refractivity contribution >= 4 is 5.97 Å². The molecule has 1 heterocycles. The minimum atomic E-state index is -0.895. The third-order valence-electron chi connectivity index (χ3n) is 1.36. The van der Waals surface area contributed by atoms with Crippen molar-refractivity contribution in [3.05, 3.63) is 30.1 Å². The lowest BCUT2D eigenvalue weighted by Gasteiger charge is -2.03. The number of carboxylic acids is 1. The van der Waals surface area contributed by atoms with Crippen molar-refractivity contribution in [3.63, 3.8) is 0 Å². The first-order chi connectivity index (χ1) is 6.29. The molecule has 5 heteroatoms. The molecule has 0 radical (unpaired) electrons. The molecule has 0 bridgehead atoms. The van der Waals surface area contributed by atoms with Crippen molar-refractivity contribution in [1.82, 2.24) is 15.8 Å². The highest BCUT2D eigenvalue weighted by Gasteiger charge is 1.94. The quantitative estimate of drug-likeness (QED) is 0.432. The number of nitrogens with one attached hydrogen (secondary N) is 2. The molecule has 13 heavy (non-hydrogen) atoms. The highest BCUT2D eigenvalue weighted by atomic mass is 16.4. The SMILES string of the molecule is O=C(O)CNNCc1ccccn1. The molecule has 1 rings (SSSR count). The number of hydrazine groups is 1. The van der Waals surface area contributed by atoms with Crippen molar-refractivity contribution in [2.45, 2.75) is 6.54 Å². The predicted molar refractivity (Wildman–Crippen MR) is 46.7 cm³/mol. The number of rotatable bonds is 5. The molecule has 0 spiro atoms. The minimum absolute atomic E-state index is 0.104. The molecule has 0 saturated heterocycles. The fourth-order valence-corrected chi connectivity index (χ4v) is 0.794. The molecule has 0 amide bonds. The van der Waals surface area contributed by atoms with E-state index in [1.54, 1.807) is 6.20 Å². The summed E-state index contributed by atoms with van der Waals surface area (Å²) in [6.45, 7) is 0.404. The second-order valence-electron chi connectivity index (χ2n) is 2.42. The van der Waals surface area contributed by atoms with Crippen molar-refractivity contribution in [2.75, 3.05) is 6.54 Å². The summed E-state index contributed by atoms with van der Waals surface area (Å²) in [5.41, 5.74) is 6.14. The van der Waals surface area contributed by atoms with Crippen LogP contribution in [-0.4, -0.2) is 22.6 Å². The molecule has 70 valence electrons. The molecule has 0 fully saturated rings. The van der Waals surface area contributed by atoms with Gasteiger partial charge in [0.2, 0.25) is 0 Å². The lowest BCUT2D eigenvalue weighted by Crippen LogP contribution is -2.35. The van der Waals surface area contributed by atoms with Gasteiger partial charge in [-0.05, 0) is 12.1 Å². The molecule has 1 aromatic heterocycles. The van der Waals surface area contributed by atoms with E-state index in [0.717, 1.165) is 5.69 Å². The Bertz CT molecular complexity index is 263. The van der Waals surface area contributed by atoms with Gasteiger partial charge in [-0.2, -0.15) is 0 Å². The second kappa shape index (κ2) is 5.23. The van der Waals surface area contributed by atoms with Crippen LogP contribution in [0.15, 0.2) is 24.4 Å². The Kier molecular flexibility index (Phi) is 3.87. The summed E-state index contributed by atoms with van der Waals surface area (Å²) in [4.78, 5) is 14.1. The van der Waals surface area contributed by atoms with Gasteiger partial charge in [-0.3, -0.25) is 15.2 Å². The summed E-state index contributed by atoms with van der Waals surface area (Å²) < 4.78 is 0. The first-order valence-electron chi connectivity index (χ1n) is 3.86. The molecule has 1 aromatic rings. The molecule has 5 nitrogen and oxygen atoms in total. The Morgan fingerprint density at radius 3 is 2.92 bits per heavy atom. The lowest BCUT2D eigenvalue weighted by atomic mass is 10.4. The zero-order chi connectivity index (χ0) is 9.52. The molecule has 3 N–H and O–H groups in total. The van der Waals surface area contributed by atoms with E-state index in [1.165, 1.54) is 0 Å². The maximum absolute atomic E-state index is 10.1. The van der Waals surface area contributed by atoms with Gasteiger partial charge >= 0.3 is 5.97 Å². The molecule has 0 saturated carbocycles. The van der Waals surface area contributed by atoms with Crippen LogP contribution in [0.3, 0.4) is 0 Å². The largest absolute Gasteiger partial charge is 0.480 e. The minimum Gasteiger partial charge on any atom is -0.480 e. The van der Waals surface area contributed by atoms with Crippen LogP contribution in [-0.2, 0) is 11.3 Å². The maximum atomic E-state index is 10.1. The molecule has 0 atom stereocenters. The Labute approximate surface area is 75.8 Å². The number of aliphatic carboxylic acids is 1. The Morgan fingerprint density at radius 1 is 1.46 bits per heavy atom. The van der Waals surface area contributed by atoms with Gasteiger partial charge in [0.1, 0.15) is 6.54 Å². The fraction of sp³-hybridized carbons (Fsp3) is 0.250. The molecule has 0 aliphatic carbocycles. The van der Waals surface area contributed by atoms with E-state index >= 15 is 0 Å². The number of pyridine rings is 1. The van der Waals surface area contributed by atoms with Gasteiger partial charge in [0.05, 0.1) is 12.2 Å². The fourth-order valence-electron chi connectivity index (χ4n) is 0.794. The lowest BCUT2D eigenvalue weighted by molar-refractivity contribution is -0.136. The zero-order valence-corrected chi connectivity index (χ0v) is 7.03. The summed E-state index contributed by atoms with van der Waals surface area (Å²) in [7, 11) is 0. The smallest absolute Gasteiger partial charge is 0.318 e. The summed E-state index contributed by atoms with van der Waals surface area (Å²) in [6.07, 6.45) is 1.69. The van der Waals surface area contributed by atoms with Gasteiger partial charge in [0.15, 0.2) is 0 Å². The Morgan fingerprint density at radius 2 is 2.31 bits per heavy atom. The Balaban J connectivity index is 2.17. The first-order valence-corrected chi connectivity index (χ1v) is 3.86. The Hall–Kier alpha value is -1.46. The van der Waals surface area contributed by atoms with Gasteiger partial charge in [0, 0.05) is 6.20 Å². The van der Waals surface area contributed by atoms with E-state index in [4.69, 9.17) is 5.11 Å². The van der Waals surface area contributed by atoms with Gasteiger partial charge < -0.3 is 5.11 Å². The molecule has 0 aliphatic heterocycles. The maximum Gasteiger partial charge on any atom is 0.318 e. The molecule has 0 aromatic carbocycles. The van der Waals surface area contributed by atoms with Gasteiger partial charge in [-0.1, -0.05) is 6.07 Å². The van der Waals surface area contributed by atoms with Crippen LogP contribution in [0.2, 0.25) is 0 Å². The summed E-state index contributed by atoms with van der Waals surface area (Å²) in [5.74, 6) is -0.895. The van der Waals surface area contributed by atoms with Crippen LogP contribution in [0, 0.1) is 0 Å². The normalized spacial score (nSPS) is 9.85. The van der Waals surface area contributed by atoms with Crippen molar-refractivity contribution in [3.8, 4) is 0 Å². The third-order valence-corrected chi connectivity index (χ3v) is 1.36. The first kappa shape index (κ1) is 9.63. The van der Waals surface area contributed by atoms with Crippen LogP contribution in [0.5, 0.6) is 0 Å². The van der Waals surface area contributed by atoms with Crippen LogP contribution < -0.4 is 10.9 Å².